The Morgan fingerprint density at radius 2 is 2.17 bits per heavy atom. The van der Waals surface area contributed by atoms with Gasteiger partial charge in [0.25, 0.3) is 0 Å². The van der Waals surface area contributed by atoms with E-state index in [4.69, 9.17) is 5.73 Å². The third-order valence-corrected chi connectivity index (χ3v) is 1.63. The van der Waals surface area contributed by atoms with Crippen molar-refractivity contribution < 1.29 is 4.79 Å². The Labute approximate surface area is 74.1 Å². The van der Waals surface area contributed by atoms with Gasteiger partial charge in [-0.15, -0.1) is 0 Å². The molecule has 0 aromatic carbocycles. The Kier molecular flexibility index (Phi) is 6.47. The maximum atomic E-state index is 11.3. The molecule has 0 spiro atoms. The van der Waals surface area contributed by atoms with Crippen molar-refractivity contribution >= 4 is 6.03 Å². The number of carbonyl (C=O) groups excluding carboxylic acids is 1. The number of hydrogen-bond donors (Lipinski definition) is 2. The van der Waals surface area contributed by atoms with E-state index in [0.717, 1.165) is 19.5 Å². The number of rotatable bonds is 5. The van der Waals surface area contributed by atoms with Crippen LogP contribution in [0.3, 0.4) is 0 Å². The molecular weight excluding hydrogens is 154 g/mol. The second kappa shape index (κ2) is 6.91. The van der Waals surface area contributed by atoms with E-state index >= 15 is 0 Å². The minimum atomic E-state index is 0.00782. The lowest BCUT2D eigenvalue weighted by molar-refractivity contribution is 0.201. The van der Waals surface area contributed by atoms with Crippen molar-refractivity contribution in [1.29, 1.82) is 0 Å². The smallest absolute Gasteiger partial charge is 0.317 e. The van der Waals surface area contributed by atoms with Crippen LogP contribution in [0.15, 0.2) is 0 Å². The van der Waals surface area contributed by atoms with Gasteiger partial charge in [0.1, 0.15) is 0 Å². The Morgan fingerprint density at radius 3 is 2.58 bits per heavy atom. The standard InChI is InChI=1S/C8H19N3O/c1-3-10-8(12)11(4-2)7-5-6-9/h3-7,9H2,1-2H3,(H,10,12). The Balaban J connectivity index is 3.71. The molecule has 0 unspecified atom stereocenters. The SMILES string of the molecule is CCNC(=O)N(CC)CCCN. The summed E-state index contributed by atoms with van der Waals surface area (Å²) in [6.45, 7) is 6.68. The lowest BCUT2D eigenvalue weighted by Crippen LogP contribution is -2.40. The lowest BCUT2D eigenvalue weighted by Gasteiger charge is -2.20. The average Bonchev–Trinajstić information content (AvgIpc) is 2.06. The highest BCUT2D eigenvalue weighted by Crippen LogP contribution is 1.90. The van der Waals surface area contributed by atoms with E-state index < -0.39 is 0 Å². The fourth-order valence-corrected chi connectivity index (χ4v) is 0.948. The molecule has 2 amide bonds. The van der Waals surface area contributed by atoms with Crippen LogP contribution in [0.4, 0.5) is 4.79 Å². The second-order valence-corrected chi connectivity index (χ2v) is 2.56. The zero-order valence-electron chi connectivity index (χ0n) is 7.97. The van der Waals surface area contributed by atoms with Crippen molar-refractivity contribution in [2.75, 3.05) is 26.2 Å². The molecule has 0 aromatic heterocycles. The van der Waals surface area contributed by atoms with Crippen LogP contribution in [0.25, 0.3) is 0 Å². The van der Waals surface area contributed by atoms with Crippen LogP contribution in [0.2, 0.25) is 0 Å². The number of amides is 2. The molecule has 0 fully saturated rings. The third kappa shape index (κ3) is 4.18. The Hall–Kier alpha value is -0.770. The molecule has 0 atom stereocenters. The summed E-state index contributed by atoms with van der Waals surface area (Å²) in [7, 11) is 0. The minimum Gasteiger partial charge on any atom is -0.338 e. The molecule has 72 valence electrons. The molecular formula is C8H19N3O. The fraction of sp³-hybridized carbons (Fsp3) is 0.875. The number of nitrogens with two attached hydrogens (primary N) is 1. The van der Waals surface area contributed by atoms with Crippen molar-refractivity contribution in [3.05, 3.63) is 0 Å². The van der Waals surface area contributed by atoms with Gasteiger partial charge < -0.3 is 16.0 Å². The highest BCUT2D eigenvalue weighted by Gasteiger charge is 2.07. The number of carbonyl (C=O) groups is 1. The fourth-order valence-electron chi connectivity index (χ4n) is 0.948. The van der Waals surface area contributed by atoms with Crippen molar-refractivity contribution in [2.24, 2.45) is 5.73 Å². The molecule has 0 saturated heterocycles. The third-order valence-electron chi connectivity index (χ3n) is 1.63. The Bertz CT molecular complexity index is 127. The maximum absolute atomic E-state index is 11.3. The van der Waals surface area contributed by atoms with Crippen molar-refractivity contribution in [3.8, 4) is 0 Å². The zero-order valence-corrected chi connectivity index (χ0v) is 7.97. The van der Waals surface area contributed by atoms with E-state index in [1.807, 2.05) is 13.8 Å². The van der Waals surface area contributed by atoms with Gasteiger partial charge in [-0.25, -0.2) is 4.79 Å². The first-order chi connectivity index (χ1) is 5.76. The summed E-state index contributed by atoms with van der Waals surface area (Å²) in [5.74, 6) is 0. The molecule has 4 heteroatoms. The largest absolute Gasteiger partial charge is 0.338 e. The van der Waals surface area contributed by atoms with Gasteiger partial charge >= 0.3 is 6.03 Å². The number of hydrogen-bond acceptors (Lipinski definition) is 2. The summed E-state index contributed by atoms with van der Waals surface area (Å²) < 4.78 is 0. The molecule has 0 bridgehead atoms. The van der Waals surface area contributed by atoms with Crippen molar-refractivity contribution in [1.82, 2.24) is 10.2 Å². The molecule has 0 aliphatic carbocycles. The van der Waals surface area contributed by atoms with Gasteiger partial charge in [0, 0.05) is 19.6 Å². The van der Waals surface area contributed by atoms with Crippen LogP contribution in [0.5, 0.6) is 0 Å². The maximum Gasteiger partial charge on any atom is 0.317 e. The normalized spacial score (nSPS) is 9.58. The summed E-state index contributed by atoms with van der Waals surface area (Å²) in [4.78, 5) is 13.0. The highest BCUT2D eigenvalue weighted by atomic mass is 16.2. The number of urea groups is 1. The molecule has 0 rings (SSSR count). The average molecular weight is 173 g/mol. The van der Waals surface area contributed by atoms with Gasteiger partial charge in [0.2, 0.25) is 0 Å². The van der Waals surface area contributed by atoms with Gasteiger partial charge in [0.15, 0.2) is 0 Å². The van der Waals surface area contributed by atoms with Crippen LogP contribution in [0, 0.1) is 0 Å². The van der Waals surface area contributed by atoms with E-state index in [-0.39, 0.29) is 6.03 Å². The lowest BCUT2D eigenvalue weighted by atomic mass is 10.4. The molecule has 0 radical (unpaired) electrons. The van der Waals surface area contributed by atoms with E-state index in [1.54, 1.807) is 4.90 Å². The van der Waals surface area contributed by atoms with Crippen molar-refractivity contribution in [2.45, 2.75) is 20.3 Å². The first-order valence-corrected chi connectivity index (χ1v) is 4.49. The monoisotopic (exact) mass is 173 g/mol. The van der Waals surface area contributed by atoms with Crippen molar-refractivity contribution in [3.63, 3.8) is 0 Å². The van der Waals surface area contributed by atoms with E-state index in [9.17, 15) is 4.79 Å². The molecule has 0 heterocycles. The molecule has 12 heavy (non-hydrogen) atoms. The van der Waals surface area contributed by atoms with Crippen LogP contribution >= 0.6 is 0 Å². The second-order valence-electron chi connectivity index (χ2n) is 2.56. The van der Waals surface area contributed by atoms with E-state index in [2.05, 4.69) is 5.32 Å². The topological polar surface area (TPSA) is 58.4 Å². The molecule has 4 nitrogen and oxygen atoms in total. The number of nitrogens with zero attached hydrogens (tertiary/aromatic N) is 1. The van der Waals surface area contributed by atoms with Gasteiger partial charge in [-0.05, 0) is 26.8 Å². The quantitative estimate of drug-likeness (QED) is 0.631. The van der Waals surface area contributed by atoms with Gasteiger partial charge in [-0.3, -0.25) is 0 Å². The van der Waals surface area contributed by atoms with Crippen LogP contribution < -0.4 is 11.1 Å². The first-order valence-electron chi connectivity index (χ1n) is 4.49. The van der Waals surface area contributed by atoms with E-state index in [0.29, 0.717) is 13.1 Å². The predicted molar refractivity (Wildman–Crippen MR) is 50.0 cm³/mol. The van der Waals surface area contributed by atoms with Gasteiger partial charge in [-0.2, -0.15) is 0 Å². The van der Waals surface area contributed by atoms with Crippen LogP contribution in [-0.2, 0) is 0 Å². The summed E-state index contributed by atoms with van der Waals surface area (Å²) in [6.07, 6.45) is 0.866. The zero-order chi connectivity index (χ0) is 9.40. The van der Waals surface area contributed by atoms with Gasteiger partial charge in [-0.1, -0.05) is 0 Å². The first kappa shape index (κ1) is 11.2. The van der Waals surface area contributed by atoms with Crippen LogP contribution in [0.1, 0.15) is 20.3 Å². The molecule has 0 aliphatic heterocycles. The predicted octanol–water partition coefficient (Wildman–Crippen LogP) is 0.387. The number of nitrogens with one attached hydrogen (secondary N) is 1. The summed E-state index contributed by atoms with van der Waals surface area (Å²) >= 11 is 0. The molecule has 0 aliphatic rings. The Morgan fingerprint density at radius 1 is 1.50 bits per heavy atom. The van der Waals surface area contributed by atoms with Crippen LogP contribution in [-0.4, -0.2) is 37.1 Å². The molecule has 3 N–H and O–H groups in total. The minimum absolute atomic E-state index is 0.00782. The summed E-state index contributed by atoms with van der Waals surface area (Å²) in [5, 5.41) is 2.75. The summed E-state index contributed by atoms with van der Waals surface area (Å²) in [5.41, 5.74) is 5.35. The summed E-state index contributed by atoms with van der Waals surface area (Å²) in [6, 6.07) is 0.00782. The van der Waals surface area contributed by atoms with E-state index in [1.165, 1.54) is 0 Å². The molecule has 0 aromatic rings. The molecule has 0 saturated carbocycles. The van der Waals surface area contributed by atoms with Gasteiger partial charge in [0.05, 0.1) is 0 Å². The highest BCUT2D eigenvalue weighted by molar-refractivity contribution is 5.73.